The van der Waals surface area contributed by atoms with Crippen LogP contribution in [0.1, 0.15) is 13.3 Å². The van der Waals surface area contributed by atoms with Gasteiger partial charge in [-0.1, -0.05) is 6.07 Å². The van der Waals surface area contributed by atoms with E-state index in [0.29, 0.717) is 11.4 Å². The molecule has 0 aliphatic carbocycles. The van der Waals surface area contributed by atoms with Gasteiger partial charge >= 0.3 is 5.69 Å². The van der Waals surface area contributed by atoms with Crippen LogP contribution in [0, 0.1) is 0 Å². The standard InChI is InChI=1S/C15H16N4O4/c1-10(20)16-11-3-2-4-12(9-11)17-13(21)5-7-19-8-6-14(22)18-15(19)23/h2-4,6,8-9H,5,7H2,1H3,(H,16,20)(H,17,21)(H,18,22,23). The van der Waals surface area contributed by atoms with E-state index in [9.17, 15) is 19.2 Å². The third-order valence-electron chi connectivity index (χ3n) is 2.94. The van der Waals surface area contributed by atoms with E-state index in [0.717, 1.165) is 0 Å². The van der Waals surface area contributed by atoms with Gasteiger partial charge in [-0.2, -0.15) is 0 Å². The zero-order valence-corrected chi connectivity index (χ0v) is 12.5. The number of carbonyl (C=O) groups is 2. The fourth-order valence-corrected chi connectivity index (χ4v) is 1.94. The number of nitrogens with one attached hydrogen (secondary N) is 3. The van der Waals surface area contributed by atoms with E-state index in [1.807, 2.05) is 0 Å². The van der Waals surface area contributed by atoms with Gasteiger partial charge < -0.3 is 15.2 Å². The first-order valence-corrected chi connectivity index (χ1v) is 6.91. The number of carbonyl (C=O) groups excluding carboxylic acids is 2. The van der Waals surface area contributed by atoms with Crippen LogP contribution < -0.4 is 21.9 Å². The Kier molecular flexibility index (Phi) is 5.08. The number of aryl methyl sites for hydroxylation is 1. The van der Waals surface area contributed by atoms with Gasteiger partial charge in [0.25, 0.3) is 5.56 Å². The molecular formula is C15H16N4O4. The highest BCUT2D eigenvalue weighted by Gasteiger charge is 2.05. The summed E-state index contributed by atoms with van der Waals surface area (Å²) in [6, 6.07) is 7.95. The predicted molar refractivity (Wildman–Crippen MR) is 85.3 cm³/mol. The summed E-state index contributed by atoms with van der Waals surface area (Å²) in [5.74, 6) is -0.492. The van der Waals surface area contributed by atoms with E-state index in [-0.39, 0.29) is 24.8 Å². The Morgan fingerprint density at radius 1 is 1.13 bits per heavy atom. The molecule has 2 amide bonds. The lowest BCUT2D eigenvalue weighted by Gasteiger charge is -2.08. The maximum atomic E-state index is 11.9. The number of rotatable bonds is 5. The Labute approximate surface area is 131 Å². The minimum Gasteiger partial charge on any atom is -0.326 e. The van der Waals surface area contributed by atoms with E-state index in [1.165, 1.54) is 23.8 Å². The van der Waals surface area contributed by atoms with E-state index in [1.54, 1.807) is 24.3 Å². The molecule has 0 aliphatic heterocycles. The van der Waals surface area contributed by atoms with Gasteiger partial charge in [0.2, 0.25) is 11.8 Å². The minimum atomic E-state index is -0.557. The summed E-state index contributed by atoms with van der Waals surface area (Å²) in [6.07, 6.45) is 1.40. The maximum absolute atomic E-state index is 11.9. The molecule has 0 saturated carbocycles. The Bertz CT molecular complexity index is 838. The molecule has 0 aliphatic rings. The molecule has 0 saturated heterocycles. The van der Waals surface area contributed by atoms with E-state index in [4.69, 9.17) is 0 Å². The molecule has 0 bridgehead atoms. The van der Waals surface area contributed by atoms with Gasteiger partial charge in [0.1, 0.15) is 0 Å². The van der Waals surface area contributed by atoms with Crippen molar-refractivity contribution in [3.8, 4) is 0 Å². The smallest absolute Gasteiger partial charge is 0.326 e. The zero-order valence-electron chi connectivity index (χ0n) is 12.5. The molecule has 2 aromatic rings. The van der Waals surface area contributed by atoms with Gasteiger partial charge in [-0.05, 0) is 18.2 Å². The quantitative estimate of drug-likeness (QED) is 0.746. The summed E-state index contributed by atoms with van der Waals surface area (Å²) in [4.78, 5) is 47.5. The molecule has 8 heteroatoms. The van der Waals surface area contributed by atoms with Crippen molar-refractivity contribution in [2.75, 3.05) is 10.6 Å². The summed E-state index contributed by atoms with van der Waals surface area (Å²) >= 11 is 0. The van der Waals surface area contributed by atoms with Crippen molar-refractivity contribution in [1.29, 1.82) is 0 Å². The molecule has 2 rings (SSSR count). The van der Waals surface area contributed by atoms with Crippen LogP contribution >= 0.6 is 0 Å². The van der Waals surface area contributed by atoms with Crippen molar-refractivity contribution in [2.24, 2.45) is 0 Å². The average Bonchev–Trinajstić information content (AvgIpc) is 2.46. The van der Waals surface area contributed by atoms with Crippen LogP contribution in [0.3, 0.4) is 0 Å². The first-order chi connectivity index (χ1) is 10.9. The Morgan fingerprint density at radius 3 is 2.48 bits per heavy atom. The van der Waals surface area contributed by atoms with Gasteiger partial charge in [0.05, 0.1) is 0 Å². The van der Waals surface area contributed by atoms with Crippen LogP contribution in [-0.4, -0.2) is 21.4 Å². The number of hydrogen-bond acceptors (Lipinski definition) is 4. The monoisotopic (exact) mass is 316 g/mol. The molecule has 8 nitrogen and oxygen atoms in total. The molecular weight excluding hydrogens is 300 g/mol. The molecule has 0 unspecified atom stereocenters. The molecule has 1 aromatic carbocycles. The number of anilines is 2. The second-order valence-corrected chi connectivity index (χ2v) is 4.86. The van der Waals surface area contributed by atoms with Crippen LogP contribution in [-0.2, 0) is 16.1 Å². The lowest BCUT2D eigenvalue weighted by atomic mass is 10.2. The van der Waals surface area contributed by atoms with Gasteiger partial charge in [-0.3, -0.25) is 19.4 Å². The van der Waals surface area contributed by atoms with Crippen molar-refractivity contribution in [1.82, 2.24) is 9.55 Å². The molecule has 23 heavy (non-hydrogen) atoms. The molecule has 120 valence electrons. The highest BCUT2D eigenvalue weighted by Crippen LogP contribution is 2.15. The van der Waals surface area contributed by atoms with Crippen molar-refractivity contribution >= 4 is 23.2 Å². The van der Waals surface area contributed by atoms with Gasteiger partial charge in [0.15, 0.2) is 0 Å². The highest BCUT2D eigenvalue weighted by atomic mass is 16.2. The minimum absolute atomic E-state index is 0.0658. The number of benzene rings is 1. The van der Waals surface area contributed by atoms with Gasteiger partial charge in [0, 0.05) is 43.5 Å². The Morgan fingerprint density at radius 2 is 1.83 bits per heavy atom. The topological polar surface area (TPSA) is 113 Å². The third-order valence-corrected chi connectivity index (χ3v) is 2.94. The number of aromatic nitrogens is 2. The van der Waals surface area contributed by atoms with E-state index < -0.39 is 11.2 Å². The maximum Gasteiger partial charge on any atom is 0.328 e. The molecule has 0 fully saturated rings. The normalized spacial score (nSPS) is 10.1. The lowest BCUT2D eigenvalue weighted by molar-refractivity contribution is -0.116. The average molecular weight is 316 g/mol. The van der Waals surface area contributed by atoms with Crippen molar-refractivity contribution in [3.63, 3.8) is 0 Å². The molecule has 1 aromatic heterocycles. The lowest BCUT2D eigenvalue weighted by Crippen LogP contribution is -2.29. The van der Waals surface area contributed by atoms with Crippen molar-refractivity contribution < 1.29 is 9.59 Å². The Balaban J connectivity index is 1.95. The Hall–Kier alpha value is -3.16. The van der Waals surface area contributed by atoms with Crippen molar-refractivity contribution in [2.45, 2.75) is 19.9 Å². The summed E-state index contributed by atoms with van der Waals surface area (Å²) in [6.45, 7) is 1.54. The second-order valence-electron chi connectivity index (χ2n) is 4.86. The van der Waals surface area contributed by atoms with Crippen LogP contribution in [0.4, 0.5) is 11.4 Å². The first-order valence-electron chi connectivity index (χ1n) is 6.91. The number of H-pyrrole nitrogens is 1. The molecule has 0 radical (unpaired) electrons. The predicted octanol–water partition coefficient (Wildman–Crippen LogP) is 0.524. The number of aromatic amines is 1. The number of nitrogens with zero attached hydrogens (tertiary/aromatic N) is 1. The summed E-state index contributed by atoms with van der Waals surface area (Å²) in [7, 11) is 0. The largest absolute Gasteiger partial charge is 0.328 e. The third kappa shape index (κ3) is 4.95. The van der Waals surface area contributed by atoms with Crippen molar-refractivity contribution in [3.05, 3.63) is 57.4 Å². The first kappa shape index (κ1) is 16.2. The number of hydrogen-bond donors (Lipinski definition) is 3. The second kappa shape index (κ2) is 7.21. The fourth-order valence-electron chi connectivity index (χ4n) is 1.94. The van der Waals surface area contributed by atoms with Crippen LogP contribution in [0.25, 0.3) is 0 Å². The molecule has 1 heterocycles. The summed E-state index contributed by atoms with van der Waals surface area (Å²) in [5, 5.41) is 5.30. The molecule has 3 N–H and O–H groups in total. The highest BCUT2D eigenvalue weighted by molar-refractivity contribution is 5.93. The van der Waals surface area contributed by atoms with Crippen LogP contribution in [0.2, 0.25) is 0 Å². The fraction of sp³-hybridized carbons (Fsp3) is 0.200. The summed E-state index contributed by atoms with van der Waals surface area (Å²) < 4.78 is 1.24. The SMILES string of the molecule is CC(=O)Nc1cccc(NC(=O)CCn2ccc(=O)[nH]c2=O)c1. The number of amides is 2. The van der Waals surface area contributed by atoms with Crippen LogP contribution in [0.15, 0.2) is 46.1 Å². The van der Waals surface area contributed by atoms with E-state index >= 15 is 0 Å². The van der Waals surface area contributed by atoms with E-state index in [2.05, 4.69) is 15.6 Å². The molecule has 0 spiro atoms. The zero-order chi connectivity index (χ0) is 16.8. The molecule has 0 atom stereocenters. The van der Waals surface area contributed by atoms with Gasteiger partial charge in [-0.25, -0.2) is 4.79 Å². The summed E-state index contributed by atoms with van der Waals surface area (Å²) in [5.41, 5.74) is 0.0747. The van der Waals surface area contributed by atoms with Gasteiger partial charge in [-0.15, -0.1) is 0 Å². The van der Waals surface area contributed by atoms with Crippen LogP contribution in [0.5, 0.6) is 0 Å².